The molecule has 0 fully saturated rings. The standard InChI is InChI=1S/C4O2S5/c5-3-7-1-2(8-3)10-4(9-1)11-6. The molecule has 7 heteroatoms. The molecule has 0 aliphatic rings. The normalized spacial score (nSPS) is 10.5. The smallest absolute Gasteiger partial charge is 0.265 e. The lowest BCUT2D eigenvalue weighted by Crippen LogP contribution is -1.73. The fourth-order valence-corrected chi connectivity index (χ4v) is 6.87. The molecule has 0 amide bonds. The Labute approximate surface area is 80.5 Å². The average molecular weight is 240 g/mol. The van der Waals surface area contributed by atoms with Crippen LogP contribution in [0, 0.1) is 3.14 Å². The Balaban J connectivity index is 3.05. The molecule has 0 atom stereocenters. The van der Waals surface area contributed by atoms with Crippen LogP contribution in [-0.4, -0.2) is 4.21 Å². The van der Waals surface area contributed by atoms with E-state index in [0.29, 0.717) is 11.3 Å². The zero-order valence-corrected chi connectivity index (χ0v) is 8.94. The van der Waals surface area contributed by atoms with Gasteiger partial charge in [-0.2, -0.15) is 0 Å². The highest BCUT2D eigenvalue weighted by Gasteiger charge is 2.02. The van der Waals surface area contributed by atoms with E-state index in [0.717, 1.165) is 11.2 Å². The minimum Gasteiger partial charge on any atom is -0.265 e. The molecule has 0 unspecified atom stereocenters. The Morgan fingerprint density at radius 1 is 1.00 bits per heavy atom. The third kappa shape index (κ3) is 1.38. The van der Waals surface area contributed by atoms with E-state index >= 15 is 0 Å². The van der Waals surface area contributed by atoms with Crippen LogP contribution in [0.2, 0.25) is 0 Å². The van der Waals surface area contributed by atoms with Crippen LogP contribution in [0.25, 0.3) is 8.03 Å². The van der Waals surface area contributed by atoms with Gasteiger partial charge in [0, 0.05) is 0 Å². The van der Waals surface area contributed by atoms with Crippen LogP contribution in [0.4, 0.5) is 0 Å². The van der Waals surface area contributed by atoms with Crippen molar-refractivity contribution in [3.05, 3.63) is 12.0 Å². The first-order valence-electron chi connectivity index (χ1n) is 2.46. The summed E-state index contributed by atoms with van der Waals surface area (Å²) in [5.74, 6) is 0. The molecule has 11 heavy (non-hydrogen) atoms. The number of hydrogen-bond acceptors (Lipinski definition) is 6. The van der Waals surface area contributed by atoms with Crippen molar-refractivity contribution in [1.29, 1.82) is 0 Å². The van der Waals surface area contributed by atoms with Gasteiger partial charge in [0.2, 0.25) is 0 Å². The molecule has 0 bridgehead atoms. The molecule has 0 N–H and O–H groups in total. The minimum absolute atomic E-state index is 0.116. The molecule has 0 spiro atoms. The lowest BCUT2D eigenvalue weighted by molar-refractivity contribution is 0.700. The Kier molecular flexibility index (Phi) is 2.06. The zero-order valence-electron chi connectivity index (χ0n) is 4.86. The van der Waals surface area contributed by atoms with Crippen LogP contribution in [0.15, 0.2) is 4.79 Å². The van der Waals surface area contributed by atoms with Crippen molar-refractivity contribution in [3.8, 4) is 0 Å². The molecule has 0 saturated carbocycles. The third-order valence-electron chi connectivity index (χ3n) is 0.939. The second-order valence-electron chi connectivity index (χ2n) is 1.57. The maximum absolute atomic E-state index is 10.8. The van der Waals surface area contributed by atoms with E-state index in [9.17, 15) is 9.00 Å². The van der Waals surface area contributed by atoms with E-state index in [-0.39, 0.29) is 4.06 Å². The third-order valence-corrected chi connectivity index (χ3v) is 6.72. The van der Waals surface area contributed by atoms with Crippen molar-refractivity contribution in [1.82, 2.24) is 0 Å². The highest BCUT2D eigenvalue weighted by atomic mass is 32.2. The maximum atomic E-state index is 10.8. The van der Waals surface area contributed by atoms with Crippen LogP contribution in [0.3, 0.4) is 0 Å². The van der Waals surface area contributed by atoms with Crippen molar-refractivity contribution >= 4 is 64.6 Å². The molecule has 0 aliphatic heterocycles. The van der Waals surface area contributed by atoms with E-state index in [2.05, 4.69) is 0 Å². The Bertz CT molecular complexity index is 481. The van der Waals surface area contributed by atoms with Crippen LogP contribution >= 0.6 is 45.3 Å². The minimum atomic E-state index is 0.116. The predicted octanol–water partition coefficient (Wildman–Crippen LogP) is 2.19. The van der Waals surface area contributed by atoms with Gasteiger partial charge in [0.25, 0.3) is 4.06 Å². The topological polar surface area (TPSA) is 34.1 Å². The Hall–Kier alpha value is 0.180. The first kappa shape index (κ1) is 7.81. The molecule has 2 nitrogen and oxygen atoms in total. The molecule has 0 aliphatic carbocycles. The highest BCUT2D eigenvalue weighted by Crippen LogP contribution is 2.32. The van der Waals surface area contributed by atoms with E-state index < -0.39 is 0 Å². The van der Waals surface area contributed by atoms with Crippen molar-refractivity contribution in [2.75, 3.05) is 0 Å². The van der Waals surface area contributed by atoms with E-state index in [1.165, 1.54) is 45.3 Å². The monoisotopic (exact) mass is 240 g/mol. The first-order valence-corrected chi connectivity index (χ1v) is 6.47. The number of hydrogen-bond donors (Lipinski definition) is 0. The summed E-state index contributed by atoms with van der Waals surface area (Å²) in [6.45, 7) is 0. The van der Waals surface area contributed by atoms with Crippen LogP contribution < -0.4 is 4.06 Å². The van der Waals surface area contributed by atoms with Gasteiger partial charge >= 0.3 is 0 Å². The van der Waals surface area contributed by atoms with Crippen molar-refractivity contribution < 1.29 is 4.21 Å². The zero-order chi connectivity index (χ0) is 7.84. The van der Waals surface area contributed by atoms with Gasteiger partial charge < -0.3 is 0 Å². The lowest BCUT2D eigenvalue weighted by atomic mass is 11.1. The summed E-state index contributed by atoms with van der Waals surface area (Å²) >= 11 is 5.79. The predicted molar refractivity (Wildman–Crippen MR) is 53.1 cm³/mol. The molecular weight excluding hydrogens is 240 g/mol. The second kappa shape index (κ2) is 2.91. The fraction of sp³-hybridized carbons (Fsp3) is 0. The molecule has 2 aromatic heterocycles. The van der Waals surface area contributed by atoms with Gasteiger partial charge in [-0.1, -0.05) is 45.3 Å². The Morgan fingerprint density at radius 2 is 1.55 bits per heavy atom. The summed E-state index contributed by atoms with van der Waals surface area (Å²) in [6, 6.07) is 0. The Morgan fingerprint density at radius 3 is 2.00 bits per heavy atom. The summed E-state index contributed by atoms with van der Waals surface area (Å²) in [5, 5.41) is 0. The SMILES string of the molecule is O=S=c1sc2sc(=O)sc2s1. The van der Waals surface area contributed by atoms with Crippen LogP contribution in [0.5, 0.6) is 0 Å². The van der Waals surface area contributed by atoms with E-state index in [1.54, 1.807) is 0 Å². The molecule has 2 aromatic rings. The van der Waals surface area contributed by atoms with Gasteiger partial charge in [0.05, 0.1) is 0 Å². The maximum Gasteiger partial charge on any atom is 0.290 e. The molecular formula is C4O2S5. The van der Waals surface area contributed by atoms with Crippen molar-refractivity contribution in [3.63, 3.8) is 0 Å². The van der Waals surface area contributed by atoms with Gasteiger partial charge in [-0.05, 0) is 0 Å². The van der Waals surface area contributed by atoms with E-state index in [4.69, 9.17) is 0 Å². The quantitative estimate of drug-likeness (QED) is 0.662. The molecule has 58 valence electrons. The van der Waals surface area contributed by atoms with E-state index in [1.807, 2.05) is 0 Å². The summed E-state index contributed by atoms with van der Waals surface area (Å²) < 4.78 is 13.2. The molecule has 2 rings (SSSR count). The second-order valence-corrected chi connectivity index (χ2v) is 7.70. The van der Waals surface area contributed by atoms with Gasteiger partial charge in [0.15, 0.2) is 3.14 Å². The van der Waals surface area contributed by atoms with Crippen LogP contribution in [0.1, 0.15) is 0 Å². The number of rotatable bonds is 0. The van der Waals surface area contributed by atoms with Gasteiger partial charge in [-0.15, -0.1) is 0 Å². The number of fused-ring (bicyclic) bond motifs is 1. The average Bonchev–Trinajstić information content (AvgIpc) is 2.43. The largest absolute Gasteiger partial charge is 0.290 e. The van der Waals surface area contributed by atoms with Gasteiger partial charge in [-0.3, -0.25) is 4.79 Å². The molecule has 0 radical (unpaired) electrons. The summed E-state index contributed by atoms with van der Waals surface area (Å²) in [5.41, 5.74) is 0. The molecule has 2 heterocycles. The lowest BCUT2D eigenvalue weighted by Gasteiger charge is -1.59. The first-order chi connectivity index (χ1) is 5.29. The molecule has 0 aromatic carbocycles. The summed E-state index contributed by atoms with van der Waals surface area (Å²) in [7, 11) is 0. The van der Waals surface area contributed by atoms with Gasteiger partial charge in [0.1, 0.15) is 19.3 Å². The summed E-state index contributed by atoms with van der Waals surface area (Å²) in [4.78, 5) is 10.8. The molecule has 0 saturated heterocycles. The fourth-order valence-electron chi connectivity index (χ4n) is 0.587. The van der Waals surface area contributed by atoms with Crippen LogP contribution in [-0.2, 0) is 11.3 Å². The van der Waals surface area contributed by atoms with Gasteiger partial charge in [-0.25, -0.2) is 4.21 Å². The van der Waals surface area contributed by atoms with Crippen molar-refractivity contribution in [2.45, 2.75) is 0 Å². The highest BCUT2D eigenvalue weighted by molar-refractivity contribution is 7.69. The van der Waals surface area contributed by atoms with Crippen molar-refractivity contribution in [2.24, 2.45) is 0 Å². The summed E-state index contributed by atoms with van der Waals surface area (Å²) in [6.07, 6.45) is 0.